The molecule has 0 fully saturated rings. The molecule has 1 amide bonds. The van der Waals surface area contributed by atoms with Crippen LogP contribution in [-0.2, 0) is 9.59 Å². The largest absolute Gasteiger partial charge is 0.469 e. The number of amides is 1. The molecule has 2 aliphatic rings. The Morgan fingerprint density at radius 2 is 1.85 bits per heavy atom. The Hall–Kier alpha value is -3.93. The fraction of sp³-hybridized carbons (Fsp3) is 0.222. The molecular weight excluding hydrogens is 414 g/mol. The molecule has 1 aromatic carbocycles. The molecule has 2 atom stereocenters. The Kier molecular flexibility index (Phi) is 5.42. The predicted molar refractivity (Wildman–Crippen MR) is 125 cm³/mol. The van der Waals surface area contributed by atoms with Crippen molar-refractivity contribution in [3.8, 4) is 0 Å². The summed E-state index contributed by atoms with van der Waals surface area (Å²) in [7, 11) is 0. The second kappa shape index (κ2) is 8.54. The number of ketones is 1. The van der Waals surface area contributed by atoms with Gasteiger partial charge in [-0.15, -0.1) is 0 Å². The lowest BCUT2D eigenvalue weighted by atomic mass is 9.72. The van der Waals surface area contributed by atoms with E-state index in [2.05, 4.69) is 15.6 Å². The van der Waals surface area contributed by atoms with Crippen LogP contribution < -0.4 is 10.6 Å². The number of hydrogen-bond donors (Lipinski definition) is 2. The maximum atomic E-state index is 13.5. The van der Waals surface area contributed by atoms with Crippen LogP contribution in [0.3, 0.4) is 0 Å². The third-order valence-electron chi connectivity index (χ3n) is 6.28. The molecule has 0 bridgehead atoms. The van der Waals surface area contributed by atoms with E-state index >= 15 is 0 Å². The van der Waals surface area contributed by atoms with Crippen LogP contribution in [0.15, 0.2) is 93.9 Å². The van der Waals surface area contributed by atoms with Crippen molar-refractivity contribution >= 4 is 17.5 Å². The van der Waals surface area contributed by atoms with Crippen molar-refractivity contribution in [1.29, 1.82) is 0 Å². The third-order valence-corrected chi connectivity index (χ3v) is 6.28. The highest BCUT2D eigenvalue weighted by molar-refractivity contribution is 6.09. The summed E-state index contributed by atoms with van der Waals surface area (Å²) in [6.45, 7) is 3.77. The molecule has 2 aromatic heterocycles. The van der Waals surface area contributed by atoms with E-state index in [-0.39, 0.29) is 17.6 Å². The number of anilines is 1. The highest BCUT2D eigenvalue weighted by Crippen LogP contribution is 2.45. The van der Waals surface area contributed by atoms with Crippen molar-refractivity contribution in [3.63, 3.8) is 0 Å². The number of allylic oxidation sites excluding steroid dienone is 3. The molecule has 33 heavy (non-hydrogen) atoms. The number of benzene rings is 1. The van der Waals surface area contributed by atoms with Crippen LogP contribution in [0.25, 0.3) is 0 Å². The molecule has 0 radical (unpaired) electrons. The summed E-state index contributed by atoms with van der Waals surface area (Å²) >= 11 is 0. The molecule has 1 aliphatic heterocycles. The molecule has 1 aliphatic carbocycles. The van der Waals surface area contributed by atoms with Crippen molar-refractivity contribution < 1.29 is 14.0 Å². The first-order valence-corrected chi connectivity index (χ1v) is 11.1. The van der Waals surface area contributed by atoms with Crippen LogP contribution >= 0.6 is 0 Å². The average molecular weight is 440 g/mol. The van der Waals surface area contributed by atoms with E-state index in [1.165, 1.54) is 0 Å². The summed E-state index contributed by atoms with van der Waals surface area (Å²) in [6.07, 6.45) is 2.64. The Balaban J connectivity index is 1.55. The number of rotatable bonds is 4. The van der Waals surface area contributed by atoms with Gasteiger partial charge in [0.05, 0.1) is 6.26 Å². The number of carbonyl (C=O) groups is 2. The minimum Gasteiger partial charge on any atom is -0.469 e. The summed E-state index contributed by atoms with van der Waals surface area (Å²) in [5.41, 5.74) is 4.53. The van der Waals surface area contributed by atoms with Crippen LogP contribution in [0.2, 0.25) is 0 Å². The number of Topliss-reactive ketones (excluding diaryl/α,β-unsaturated/α-hetero) is 1. The zero-order chi connectivity index (χ0) is 22.9. The lowest BCUT2D eigenvalue weighted by molar-refractivity contribution is -0.116. The molecule has 0 saturated heterocycles. The Morgan fingerprint density at radius 3 is 2.58 bits per heavy atom. The van der Waals surface area contributed by atoms with Gasteiger partial charge in [0, 0.05) is 46.5 Å². The van der Waals surface area contributed by atoms with Crippen molar-refractivity contribution in [2.24, 2.45) is 0 Å². The summed E-state index contributed by atoms with van der Waals surface area (Å²) in [5, 5.41) is 6.31. The van der Waals surface area contributed by atoms with E-state index in [1.807, 2.05) is 68.4 Å². The number of dihydropyridines is 1. The van der Waals surface area contributed by atoms with Crippen molar-refractivity contribution in [3.05, 3.63) is 106 Å². The van der Waals surface area contributed by atoms with Gasteiger partial charge in [-0.25, -0.2) is 4.98 Å². The zero-order valence-electron chi connectivity index (χ0n) is 18.6. The van der Waals surface area contributed by atoms with E-state index in [9.17, 15) is 9.59 Å². The van der Waals surface area contributed by atoms with Crippen molar-refractivity contribution in [2.45, 2.75) is 38.5 Å². The van der Waals surface area contributed by atoms with Gasteiger partial charge >= 0.3 is 0 Å². The van der Waals surface area contributed by atoms with Gasteiger partial charge in [0.15, 0.2) is 5.78 Å². The summed E-state index contributed by atoms with van der Waals surface area (Å²) in [5.74, 6) is 0.598. The fourth-order valence-electron chi connectivity index (χ4n) is 4.84. The molecule has 0 spiro atoms. The number of aryl methyl sites for hydroxylation is 1. The van der Waals surface area contributed by atoms with Crippen molar-refractivity contribution in [1.82, 2.24) is 10.3 Å². The molecule has 2 N–H and O–H groups in total. The van der Waals surface area contributed by atoms with E-state index < -0.39 is 5.92 Å². The Labute approximate surface area is 192 Å². The summed E-state index contributed by atoms with van der Waals surface area (Å²) in [4.78, 5) is 31.4. The molecule has 5 rings (SSSR count). The Morgan fingerprint density at radius 1 is 1.03 bits per heavy atom. The van der Waals surface area contributed by atoms with Crippen LogP contribution in [0, 0.1) is 6.92 Å². The lowest BCUT2D eigenvalue weighted by Gasteiger charge is -2.36. The van der Waals surface area contributed by atoms with Crippen LogP contribution in [0.4, 0.5) is 5.82 Å². The first-order valence-electron chi connectivity index (χ1n) is 11.1. The van der Waals surface area contributed by atoms with Crippen LogP contribution in [-0.4, -0.2) is 16.7 Å². The molecule has 3 aromatic rings. The molecule has 0 saturated carbocycles. The molecular formula is C27H25N3O3. The minimum atomic E-state index is -0.447. The van der Waals surface area contributed by atoms with E-state index in [0.29, 0.717) is 29.8 Å². The maximum absolute atomic E-state index is 13.5. The highest BCUT2D eigenvalue weighted by atomic mass is 16.3. The van der Waals surface area contributed by atoms with Crippen molar-refractivity contribution in [2.75, 3.05) is 5.32 Å². The van der Waals surface area contributed by atoms with Gasteiger partial charge in [0.2, 0.25) is 0 Å². The van der Waals surface area contributed by atoms with Gasteiger partial charge in [-0.2, -0.15) is 0 Å². The first kappa shape index (κ1) is 20.9. The molecule has 6 nitrogen and oxygen atoms in total. The number of nitrogens with zero attached hydrogens (tertiary/aromatic N) is 1. The molecule has 3 heterocycles. The van der Waals surface area contributed by atoms with Gasteiger partial charge in [-0.3, -0.25) is 9.59 Å². The minimum absolute atomic E-state index is 0.0187. The topological polar surface area (TPSA) is 84.2 Å². The second-order valence-electron chi connectivity index (χ2n) is 8.56. The second-order valence-corrected chi connectivity index (χ2v) is 8.56. The van der Waals surface area contributed by atoms with E-state index in [0.717, 1.165) is 28.4 Å². The number of hydrogen-bond acceptors (Lipinski definition) is 5. The predicted octanol–water partition coefficient (Wildman–Crippen LogP) is 4.98. The Bertz CT molecular complexity index is 1270. The fourth-order valence-corrected chi connectivity index (χ4v) is 4.84. The average Bonchev–Trinajstić information content (AvgIpc) is 3.33. The van der Waals surface area contributed by atoms with E-state index in [4.69, 9.17) is 4.42 Å². The zero-order valence-corrected chi connectivity index (χ0v) is 18.6. The quantitative estimate of drug-likeness (QED) is 0.599. The normalized spacial score (nSPS) is 20.4. The SMILES string of the molecule is CC1=C(C(=O)Nc2cccc(C)n2)[C@@H](c2ccccc2)C2=C(C[C@H](c3ccco3)CC2=O)N1. The van der Waals surface area contributed by atoms with Gasteiger partial charge in [-0.05, 0) is 50.1 Å². The van der Waals surface area contributed by atoms with Gasteiger partial charge in [-0.1, -0.05) is 36.4 Å². The van der Waals surface area contributed by atoms with Gasteiger partial charge < -0.3 is 15.1 Å². The lowest BCUT2D eigenvalue weighted by Crippen LogP contribution is -2.37. The monoisotopic (exact) mass is 439 g/mol. The molecule has 6 heteroatoms. The highest BCUT2D eigenvalue weighted by Gasteiger charge is 2.41. The standard InChI is InChI=1S/C27H25N3O3/c1-16-8-6-12-23(28-16)30-27(32)24-17(2)29-20-14-19(22-11-7-13-33-22)15-21(31)26(20)25(24)18-9-4-3-5-10-18/h3-13,19,25,29H,14-15H2,1-2H3,(H,28,30,32)/t19-,25+/m0/s1. The number of aromatic nitrogens is 1. The third kappa shape index (κ3) is 4.00. The van der Waals surface area contributed by atoms with E-state index in [1.54, 1.807) is 12.3 Å². The summed E-state index contributed by atoms with van der Waals surface area (Å²) < 4.78 is 5.59. The smallest absolute Gasteiger partial charge is 0.255 e. The molecule has 0 unspecified atom stereocenters. The number of carbonyl (C=O) groups excluding carboxylic acids is 2. The van der Waals surface area contributed by atoms with Gasteiger partial charge in [0.1, 0.15) is 11.6 Å². The first-order chi connectivity index (χ1) is 16.0. The summed E-state index contributed by atoms with van der Waals surface area (Å²) in [6, 6.07) is 19.0. The van der Waals surface area contributed by atoms with Crippen LogP contribution in [0.5, 0.6) is 0 Å². The number of nitrogens with one attached hydrogen (secondary N) is 2. The molecule has 166 valence electrons. The van der Waals surface area contributed by atoms with Crippen LogP contribution in [0.1, 0.15) is 48.6 Å². The van der Waals surface area contributed by atoms with Gasteiger partial charge in [0.25, 0.3) is 5.91 Å². The number of pyridine rings is 1. The number of furan rings is 1. The maximum Gasteiger partial charge on any atom is 0.255 e.